The van der Waals surface area contributed by atoms with Gasteiger partial charge in [-0.05, 0) is 0 Å². The van der Waals surface area contributed by atoms with Gasteiger partial charge in [0.05, 0.1) is 0 Å². The van der Waals surface area contributed by atoms with E-state index in [1.54, 1.807) is 16.9 Å². The van der Waals surface area contributed by atoms with Crippen molar-refractivity contribution in [2.24, 2.45) is 0 Å². The zero-order valence-electron chi connectivity index (χ0n) is 3.23. The molecule has 1 fully saturated rings. The fraction of sp³-hybridized carbons (Fsp3) is 1.00. The average molecular weight is 168 g/mol. The first-order valence-electron chi connectivity index (χ1n) is 1.82. The summed E-state index contributed by atoms with van der Waals surface area (Å²) < 4.78 is 5.13. The van der Waals surface area contributed by atoms with Gasteiger partial charge in [-0.3, -0.25) is 0 Å². The van der Waals surface area contributed by atoms with Crippen molar-refractivity contribution in [2.45, 2.75) is 10.3 Å². The van der Waals surface area contributed by atoms with Crippen molar-refractivity contribution in [3.8, 4) is 0 Å². The molecule has 0 aliphatic carbocycles. The fourth-order valence-electron chi connectivity index (χ4n) is 0.239. The van der Waals surface area contributed by atoms with E-state index in [9.17, 15) is 0 Å². The van der Waals surface area contributed by atoms with Crippen LogP contribution >= 0.6 is 11.6 Å². The fourth-order valence-corrected chi connectivity index (χ4v) is 0.851. The summed E-state index contributed by atoms with van der Waals surface area (Å²) in [5.74, 6) is 0. The van der Waals surface area contributed by atoms with Gasteiger partial charge in [-0.1, -0.05) is 0 Å². The summed E-state index contributed by atoms with van der Waals surface area (Å²) >= 11 is 7.12. The van der Waals surface area contributed by atoms with Crippen LogP contribution in [0.5, 0.6) is 0 Å². The normalized spacial score (nSPS) is 36.0. The average Bonchev–Trinajstić information content (AvgIpc) is 2.06. The SMILES string of the molecule is ClC([AsH2])C1CO1. The minimum atomic E-state index is 0.275. The molecule has 1 aliphatic heterocycles. The van der Waals surface area contributed by atoms with Gasteiger partial charge < -0.3 is 0 Å². The molecule has 3 heteroatoms. The molecule has 0 bridgehead atoms. The molecule has 0 aromatic carbocycles. The summed E-state index contributed by atoms with van der Waals surface area (Å²) in [7, 11) is 0. The van der Waals surface area contributed by atoms with Crippen LogP contribution in [0.2, 0.25) is 0 Å². The summed E-state index contributed by atoms with van der Waals surface area (Å²) in [5.41, 5.74) is 0. The van der Waals surface area contributed by atoms with Gasteiger partial charge in [0.2, 0.25) is 0 Å². The standard InChI is InChI=1S/C3H6AsClO/c4-3(5)2-1-6-2/h2-3H,1,4H2. The van der Waals surface area contributed by atoms with Crippen LogP contribution in [0, 0.1) is 0 Å². The topological polar surface area (TPSA) is 12.5 Å². The van der Waals surface area contributed by atoms with Crippen molar-refractivity contribution in [3.05, 3.63) is 0 Å². The van der Waals surface area contributed by atoms with Crippen molar-refractivity contribution >= 4 is 28.5 Å². The number of ether oxygens (including phenoxy) is 1. The second-order valence-electron chi connectivity index (χ2n) is 1.32. The Kier molecular flexibility index (Phi) is 1.43. The molecular weight excluding hydrogens is 162 g/mol. The van der Waals surface area contributed by atoms with E-state index in [1.165, 1.54) is 0 Å². The van der Waals surface area contributed by atoms with Crippen LogP contribution in [0.25, 0.3) is 0 Å². The summed E-state index contributed by atoms with van der Waals surface area (Å²) in [5, 5.41) is 0. The van der Waals surface area contributed by atoms with Crippen LogP contribution in [0.4, 0.5) is 0 Å². The van der Waals surface area contributed by atoms with E-state index in [4.69, 9.17) is 16.3 Å². The maximum atomic E-state index is 5.58. The molecule has 0 N–H and O–H groups in total. The Labute approximate surface area is 50.5 Å². The van der Waals surface area contributed by atoms with E-state index < -0.39 is 0 Å². The minimum absolute atomic E-state index is 0.275. The molecule has 0 spiro atoms. The zero-order valence-corrected chi connectivity index (χ0v) is 6.40. The van der Waals surface area contributed by atoms with Crippen LogP contribution in [-0.2, 0) is 4.74 Å². The Morgan fingerprint density at radius 3 is 2.50 bits per heavy atom. The van der Waals surface area contributed by atoms with Gasteiger partial charge >= 0.3 is 50.1 Å². The third kappa shape index (κ3) is 1.14. The van der Waals surface area contributed by atoms with Gasteiger partial charge in [-0.25, -0.2) is 0 Å². The molecule has 1 nitrogen and oxygen atoms in total. The van der Waals surface area contributed by atoms with Crippen LogP contribution in [0.1, 0.15) is 0 Å². The molecule has 0 radical (unpaired) electrons. The molecule has 0 saturated carbocycles. The maximum absolute atomic E-state index is 5.58. The number of halogens is 1. The number of epoxide rings is 1. The van der Waals surface area contributed by atoms with E-state index in [2.05, 4.69) is 0 Å². The quantitative estimate of drug-likeness (QED) is 0.294. The molecule has 36 valence electrons. The summed E-state index contributed by atoms with van der Waals surface area (Å²) in [4.78, 5) is 0. The Morgan fingerprint density at radius 1 is 2.00 bits per heavy atom. The molecule has 1 heterocycles. The molecule has 1 rings (SSSR count). The summed E-state index contributed by atoms with van der Waals surface area (Å²) in [6.45, 7) is 0.881. The molecular formula is C3H6AsClO. The van der Waals surface area contributed by atoms with Gasteiger partial charge in [0.15, 0.2) is 0 Å². The van der Waals surface area contributed by atoms with Gasteiger partial charge in [-0.15, -0.1) is 0 Å². The predicted molar refractivity (Wildman–Crippen MR) is 27.9 cm³/mol. The van der Waals surface area contributed by atoms with Crippen molar-refractivity contribution in [3.63, 3.8) is 0 Å². The van der Waals surface area contributed by atoms with Crippen LogP contribution in [-0.4, -0.2) is 33.7 Å². The van der Waals surface area contributed by atoms with Crippen molar-refractivity contribution in [2.75, 3.05) is 6.61 Å². The molecule has 0 aromatic heterocycles. The number of hydrogen-bond donors (Lipinski definition) is 0. The Morgan fingerprint density at radius 2 is 2.50 bits per heavy atom. The second-order valence-corrected chi connectivity index (χ2v) is 4.21. The third-order valence-corrected chi connectivity index (χ3v) is 1.90. The van der Waals surface area contributed by atoms with Crippen molar-refractivity contribution in [1.82, 2.24) is 0 Å². The number of alkyl halides is 1. The monoisotopic (exact) mass is 168 g/mol. The first-order chi connectivity index (χ1) is 2.80. The van der Waals surface area contributed by atoms with E-state index in [1.807, 2.05) is 0 Å². The zero-order chi connectivity index (χ0) is 4.57. The van der Waals surface area contributed by atoms with Gasteiger partial charge in [0, 0.05) is 0 Å². The van der Waals surface area contributed by atoms with E-state index >= 15 is 0 Å². The number of rotatable bonds is 1. The van der Waals surface area contributed by atoms with Crippen molar-refractivity contribution in [1.29, 1.82) is 0 Å². The second kappa shape index (κ2) is 1.73. The summed E-state index contributed by atoms with van der Waals surface area (Å²) in [6, 6.07) is 0. The molecule has 0 amide bonds. The number of hydrogen-bond acceptors (Lipinski definition) is 1. The third-order valence-electron chi connectivity index (χ3n) is 0.714. The van der Waals surface area contributed by atoms with Gasteiger partial charge in [0.25, 0.3) is 0 Å². The van der Waals surface area contributed by atoms with E-state index in [-0.39, 0.29) is 4.16 Å². The predicted octanol–water partition coefficient (Wildman–Crippen LogP) is -0.417. The first kappa shape index (κ1) is 4.96. The first-order valence-corrected chi connectivity index (χ1v) is 3.65. The van der Waals surface area contributed by atoms with Crippen LogP contribution < -0.4 is 0 Å². The Bertz CT molecular complexity index is 52.8. The molecule has 1 aliphatic rings. The summed E-state index contributed by atoms with van der Waals surface area (Å²) in [6.07, 6.45) is 0.395. The Hall–Kier alpha value is 0.808. The van der Waals surface area contributed by atoms with E-state index in [0.29, 0.717) is 6.10 Å². The van der Waals surface area contributed by atoms with E-state index in [0.717, 1.165) is 6.61 Å². The van der Waals surface area contributed by atoms with Crippen molar-refractivity contribution < 1.29 is 4.74 Å². The molecule has 3 atom stereocenters. The van der Waals surface area contributed by atoms with Crippen LogP contribution in [0.3, 0.4) is 0 Å². The van der Waals surface area contributed by atoms with Gasteiger partial charge in [0.1, 0.15) is 0 Å². The van der Waals surface area contributed by atoms with Gasteiger partial charge in [-0.2, -0.15) is 0 Å². The van der Waals surface area contributed by atoms with Crippen LogP contribution in [0.15, 0.2) is 0 Å². The molecule has 6 heavy (non-hydrogen) atoms. The molecule has 0 aromatic rings. The Balaban J connectivity index is 2.13. The molecule has 3 unspecified atom stereocenters. The molecule has 1 saturated heterocycles.